The summed E-state index contributed by atoms with van der Waals surface area (Å²) in [5.41, 5.74) is 1.23. The first kappa shape index (κ1) is 14.4. The average Bonchev–Trinajstić information content (AvgIpc) is 2.45. The van der Waals surface area contributed by atoms with Crippen molar-refractivity contribution in [2.75, 3.05) is 20.3 Å². The zero-order valence-electron chi connectivity index (χ0n) is 12.2. The van der Waals surface area contributed by atoms with Gasteiger partial charge in [0, 0.05) is 25.1 Å². The minimum absolute atomic E-state index is 0.190. The summed E-state index contributed by atoms with van der Waals surface area (Å²) in [5.74, 6) is 1.45. The molecule has 2 rings (SSSR count). The second kappa shape index (κ2) is 6.92. The van der Waals surface area contributed by atoms with Gasteiger partial charge in [-0.1, -0.05) is 26.0 Å². The largest absolute Gasteiger partial charge is 0.497 e. The summed E-state index contributed by atoms with van der Waals surface area (Å²) in [4.78, 5) is 0. The van der Waals surface area contributed by atoms with Gasteiger partial charge in [0.05, 0.1) is 13.2 Å². The van der Waals surface area contributed by atoms with Crippen LogP contribution in [0, 0.1) is 5.92 Å². The van der Waals surface area contributed by atoms with Crippen molar-refractivity contribution in [3.05, 3.63) is 29.8 Å². The van der Waals surface area contributed by atoms with Crippen LogP contribution in [-0.4, -0.2) is 26.3 Å². The molecule has 1 aromatic rings. The lowest BCUT2D eigenvalue weighted by molar-refractivity contribution is -0.0283. The van der Waals surface area contributed by atoms with Gasteiger partial charge in [-0.3, -0.25) is 0 Å². The molecule has 19 heavy (non-hydrogen) atoms. The van der Waals surface area contributed by atoms with E-state index in [1.54, 1.807) is 7.11 Å². The number of methoxy groups -OCH3 is 1. The fourth-order valence-corrected chi connectivity index (χ4v) is 2.63. The molecule has 0 saturated carbocycles. The van der Waals surface area contributed by atoms with Gasteiger partial charge in [-0.15, -0.1) is 0 Å². The maximum atomic E-state index is 6.01. The Morgan fingerprint density at radius 3 is 3.00 bits per heavy atom. The fraction of sp³-hybridized carbons (Fsp3) is 0.625. The van der Waals surface area contributed by atoms with Crippen LogP contribution in [0.5, 0.6) is 5.75 Å². The Bertz CT molecular complexity index is 392. The standard InChI is InChI=1S/C16H25NO2/c1-12(2)17-11-14-7-5-9-19-16(14)13-6-4-8-15(10-13)18-3/h4,6,8,10,12,14,16-17H,5,7,9,11H2,1-3H3. The third-order valence-electron chi connectivity index (χ3n) is 3.66. The van der Waals surface area contributed by atoms with Crippen LogP contribution in [0.2, 0.25) is 0 Å². The highest BCUT2D eigenvalue weighted by atomic mass is 16.5. The van der Waals surface area contributed by atoms with Crippen LogP contribution in [0.1, 0.15) is 38.4 Å². The van der Waals surface area contributed by atoms with Crippen molar-refractivity contribution in [3.63, 3.8) is 0 Å². The molecule has 1 aromatic carbocycles. The Balaban J connectivity index is 2.09. The Hall–Kier alpha value is -1.06. The summed E-state index contributed by atoms with van der Waals surface area (Å²) in [6.07, 6.45) is 2.57. The summed E-state index contributed by atoms with van der Waals surface area (Å²) in [7, 11) is 1.71. The molecule has 1 fully saturated rings. The van der Waals surface area contributed by atoms with Crippen LogP contribution >= 0.6 is 0 Å². The first-order chi connectivity index (χ1) is 9.20. The maximum Gasteiger partial charge on any atom is 0.119 e. The van der Waals surface area contributed by atoms with Crippen molar-refractivity contribution >= 4 is 0 Å². The topological polar surface area (TPSA) is 30.5 Å². The molecule has 0 aromatic heterocycles. The molecule has 0 aliphatic carbocycles. The normalized spacial score (nSPS) is 23.6. The van der Waals surface area contributed by atoms with E-state index in [4.69, 9.17) is 9.47 Å². The second-order valence-corrected chi connectivity index (χ2v) is 5.53. The monoisotopic (exact) mass is 263 g/mol. The van der Waals surface area contributed by atoms with E-state index in [-0.39, 0.29) is 6.10 Å². The molecule has 0 radical (unpaired) electrons. The van der Waals surface area contributed by atoms with Crippen LogP contribution in [0.15, 0.2) is 24.3 Å². The van der Waals surface area contributed by atoms with Crippen molar-refractivity contribution in [1.82, 2.24) is 5.32 Å². The minimum Gasteiger partial charge on any atom is -0.497 e. The van der Waals surface area contributed by atoms with Gasteiger partial charge in [-0.05, 0) is 30.5 Å². The lowest BCUT2D eigenvalue weighted by Gasteiger charge is -2.33. The van der Waals surface area contributed by atoms with Gasteiger partial charge in [0.1, 0.15) is 5.75 Å². The summed E-state index contributed by atoms with van der Waals surface area (Å²) in [6.45, 7) is 6.24. The number of benzene rings is 1. The Morgan fingerprint density at radius 2 is 2.26 bits per heavy atom. The van der Waals surface area contributed by atoms with E-state index < -0.39 is 0 Å². The predicted molar refractivity (Wildman–Crippen MR) is 77.5 cm³/mol. The molecule has 1 saturated heterocycles. The first-order valence-electron chi connectivity index (χ1n) is 7.19. The van der Waals surface area contributed by atoms with Crippen molar-refractivity contribution in [2.45, 2.75) is 38.8 Å². The van der Waals surface area contributed by atoms with Crippen LogP contribution in [0.3, 0.4) is 0 Å². The molecule has 2 unspecified atom stereocenters. The first-order valence-corrected chi connectivity index (χ1v) is 7.19. The maximum absolute atomic E-state index is 6.01. The predicted octanol–water partition coefficient (Wildman–Crippen LogP) is 3.16. The van der Waals surface area contributed by atoms with Gasteiger partial charge >= 0.3 is 0 Å². The van der Waals surface area contributed by atoms with E-state index in [0.29, 0.717) is 12.0 Å². The Kier molecular flexibility index (Phi) is 5.23. The summed E-state index contributed by atoms with van der Waals surface area (Å²) in [6, 6.07) is 8.78. The van der Waals surface area contributed by atoms with Gasteiger partial charge in [0.2, 0.25) is 0 Å². The van der Waals surface area contributed by atoms with E-state index in [1.807, 2.05) is 12.1 Å². The SMILES string of the molecule is COc1cccc(C2OCCCC2CNC(C)C)c1. The average molecular weight is 263 g/mol. The molecule has 3 heteroatoms. The van der Waals surface area contributed by atoms with Crippen LogP contribution < -0.4 is 10.1 Å². The van der Waals surface area contributed by atoms with Crippen molar-refractivity contribution in [2.24, 2.45) is 5.92 Å². The van der Waals surface area contributed by atoms with E-state index in [0.717, 1.165) is 25.3 Å². The molecule has 106 valence electrons. The lowest BCUT2D eigenvalue weighted by atomic mass is 9.89. The third-order valence-corrected chi connectivity index (χ3v) is 3.66. The number of hydrogen-bond acceptors (Lipinski definition) is 3. The molecule has 2 atom stereocenters. The van der Waals surface area contributed by atoms with Gasteiger partial charge in [-0.25, -0.2) is 0 Å². The van der Waals surface area contributed by atoms with Crippen LogP contribution in [-0.2, 0) is 4.74 Å². The fourth-order valence-electron chi connectivity index (χ4n) is 2.63. The molecule has 1 N–H and O–H groups in total. The molecule has 1 aliphatic heterocycles. The van der Waals surface area contributed by atoms with Crippen LogP contribution in [0.4, 0.5) is 0 Å². The van der Waals surface area contributed by atoms with Gasteiger partial charge in [0.15, 0.2) is 0 Å². The minimum atomic E-state index is 0.190. The second-order valence-electron chi connectivity index (χ2n) is 5.53. The number of rotatable bonds is 5. The van der Waals surface area contributed by atoms with E-state index in [1.165, 1.54) is 12.0 Å². The molecular weight excluding hydrogens is 238 g/mol. The lowest BCUT2D eigenvalue weighted by Crippen LogP contribution is -2.35. The highest BCUT2D eigenvalue weighted by molar-refractivity contribution is 5.30. The summed E-state index contributed by atoms with van der Waals surface area (Å²) in [5, 5.41) is 3.53. The summed E-state index contributed by atoms with van der Waals surface area (Å²) >= 11 is 0. The quantitative estimate of drug-likeness (QED) is 0.885. The molecule has 1 aliphatic rings. The van der Waals surface area contributed by atoms with Gasteiger partial charge in [0.25, 0.3) is 0 Å². The molecule has 0 bridgehead atoms. The van der Waals surface area contributed by atoms with Crippen molar-refractivity contribution in [1.29, 1.82) is 0 Å². The van der Waals surface area contributed by atoms with Gasteiger partial charge in [-0.2, -0.15) is 0 Å². The number of ether oxygens (including phenoxy) is 2. The molecule has 0 amide bonds. The van der Waals surface area contributed by atoms with Crippen molar-refractivity contribution < 1.29 is 9.47 Å². The van der Waals surface area contributed by atoms with Crippen molar-refractivity contribution in [3.8, 4) is 5.75 Å². The number of hydrogen-bond donors (Lipinski definition) is 1. The zero-order chi connectivity index (χ0) is 13.7. The highest BCUT2D eigenvalue weighted by Crippen LogP contribution is 2.34. The number of nitrogens with one attached hydrogen (secondary N) is 1. The smallest absolute Gasteiger partial charge is 0.119 e. The Labute approximate surface area is 116 Å². The zero-order valence-corrected chi connectivity index (χ0v) is 12.2. The van der Waals surface area contributed by atoms with E-state index in [2.05, 4.69) is 31.3 Å². The Morgan fingerprint density at radius 1 is 1.42 bits per heavy atom. The van der Waals surface area contributed by atoms with Gasteiger partial charge < -0.3 is 14.8 Å². The van der Waals surface area contributed by atoms with Crippen LogP contribution in [0.25, 0.3) is 0 Å². The van der Waals surface area contributed by atoms with E-state index >= 15 is 0 Å². The summed E-state index contributed by atoms with van der Waals surface area (Å²) < 4.78 is 11.3. The molecule has 3 nitrogen and oxygen atoms in total. The van der Waals surface area contributed by atoms with E-state index in [9.17, 15) is 0 Å². The molecule has 1 heterocycles. The molecule has 0 spiro atoms. The highest BCUT2D eigenvalue weighted by Gasteiger charge is 2.27. The third kappa shape index (κ3) is 3.95. The molecular formula is C16H25NO2.